The molecule has 1 aromatic heterocycles. The van der Waals surface area contributed by atoms with Crippen molar-refractivity contribution in [1.82, 2.24) is 4.98 Å². The molecule has 0 radical (unpaired) electrons. The minimum Gasteiger partial charge on any atom is -0.772 e. The van der Waals surface area contributed by atoms with Gasteiger partial charge < -0.3 is 4.55 Å². The van der Waals surface area contributed by atoms with E-state index in [1.165, 1.54) is 17.4 Å². The average molecular weight is 370 g/mol. The van der Waals surface area contributed by atoms with Crippen molar-refractivity contribution in [3.05, 3.63) is 53.6 Å². The highest BCUT2D eigenvalue weighted by molar-refractivity contribution is 7.79. The quantitative estimate of drug-likeness (QED) is 0.615. The van der Waals surface area contributed by atoms with Gasteiger partial charge in [-0.25, -0.2) is 4.98 Å². The topological polar surface area (TPSA) is 53.0 Å². The molecule has 1 heterocycles. The molecule has 2 aromatic carbocycles. The first-order valence-electron chi connectivity index (χ1n) is 6.92. The molecule has 0 aliphatic carbocycles. The fourth-order valence-electron chi connectivity index (χ4n) is 2.37. The summed E-state index contributed by atoms with van der Waals surface area (Å²) < 4.78 is 61.6. The van der Waals surface area contributed by atoms with E-state index in [1.54, 1.807) is 31.2 Å². The van der Waals surface area contributed by atoms with Crippen molar-refractivity contribution < 1.29 is 21.9 Å². The zero-order chi connectivity index (χ0) is 17.5. The summed E-state index contributed by atoms with van der Waals surface area (Å²) in [6, 6.07) is 10.3. The summed E-state index contributed by atoms with van der Waals surface area (Å²) in [5.74, 6) is 0. The van der Waals surface area contributed by atoms with Crippen LogP contribution in [0, 0.1) is 0 Å². The lowest BCUT2D eigenvalue weighted by Crippen LogP contribution is -2.04. The van der Waals surface area contributed by atoms with Crippen molar-refractivity contribution in [3.8, 4) is 10.6 Å². The zero-order valence-corrected chi connectivity index (χ0v) is 14.0. The van der Waals surface area contributed by atoms with Gasteiger partial charge in [0.15, 0.2) is 0 Å². The third-order valence-electron chi connectivity index (χ3n) is 3.63. The Morgan fingerprint density at radius 3 is 2.58 bits per heavy atom. The maximum atomic E-state index is 12.8. The van der Waals surface area contributed by atoms with Gasteiger partial charge in [0.2, 0.25) is 0 Å². The molecule has 0 N–H and O–H groups in total. The Kier molecular flexibility index (Phi) is 4.46. The van der Waals surface area contributed by atoms with Crippen LogP contribution in [0.4, 0.5) is 13.2 Å². The maximum Gasteiger partial charge on any atom is 0.416 e. The molecular formula is C16H11F3NO2S2-. The predicted octanol–water partition coefficient (Wildman–Crippen LogP) is 4.92. The zero-order valence-electron chi connectivity index (χ0n) is 12.3. The van der Waals surface area contributed by atoms with Crippen molar-refractivity contribution in [1.29, 1.82) is 0 Å². The smallest absolute Gasteiger partial charge is 0.416 e. The minimum atomic E-state index is -4.43. The van der Waals surface area contributed by atoms with Gasteiger partial charge >= 0.3 is 6.18 Å². The van der Waals surface area contributed by atoms with Crippen LogP contribution in [-0.4, -0.2) is 13.7 Å². The summed E-state index contributed by atoms with van der Waals surface area (Å²) in [4.78, 5) is 4.28. The van der Waals surface area contributed by atoms with Gasteiger partial charge in [-0.2, -0.15) is 13.2 Å². The third-order valence-corrected chi connectivity index (χ3v) is 5.53. The van der Waals surface area contributed by atoms with E-state index < -0.39 is 28.1 Å². The van der Waals surface area contributed by atoms with Crippen LogP contribution in [0.25, 0.3) is 20.8 Å². The first-order chi connectivity index (χ1) is 11.3. The monoisotopic (exact) mass is 370 g/mol. The first-order valence-corrected chi connectivity index (χ1v) is 8.88. The van der Waals surface area contributed by atoms with E-state index in [4.69, 9.17) is 0 Å². The van der Waals surface area contributed by atoms with Crippen LogP contribution in [0.5, 0.6) is 0 Å². The van der Waals surface area contributed by atoms with E-state index in [9.17, 15) is 21.9 Å². The molecule has 0 bridgehead atoms. The van der Waals surface area contributed by atoms with Crippen LogP contribution in [0.2, 0.25) is 0 Å². The summed E-state index contributed by atoms with van der Waals surface area (Å²) >= 11 is -1.07. The molecule has 24 heavy (non-hydrogen) atoms. The Morgan fingerprint density at radius 2 is 1.92 bits per heavy atom. The Hall–Kier alpha value is -1.77. The number of nitrogens with zero attached hydrogens (tertiary/aromatic N) is 1. The van der Waals surface area contributed by atoms with Crippen LogP contribution in [-0.2, 0) is 17.3 Å². The predicted molar refractivity (Wildman–Crippen MR) is 87.4 cm³/mol. The van der Waals surface area contributed by atoms with Crippen LogP contribution in [0.1, 0.15) is 23.3 Å². The van der Waals surface area contributed by atoms with Gasteiger partial charge in [0.25, 0.3) is 0 Å². The van der Waals surface area contributed by atoms with Gasteiger partial charge in [-0.1, -0.05) is 24.3 Å². The molecule has 0 spiro atoms. The van der Waals surface area contributed by atoms with Gasteiger partial charge in [0.1, 0.15) is 5.01 Å². The van der Waals surface area contributed by atoms with Crippen molar-refractivity contribution in [3.63, 3.8) is 0 Å². The normalized spacial score (nSPS) is 14.7. The maximum absolute atomic E-state index is 12.8. The summed E-state index contributed by atoms with van der Waals surface area (Å²) in [6.45, 7) is 1.55. The van der Waals surface area contributed by atoms with Gasteiger partial charge in [0.05, 0.1) is 15.8 Å². The lowest BCUT2D eigenvalue weighted by atomic mass is 10.1. The summed E-state index contributed by atoms with van der Waals surface area (Å²) in [5.41, 5.74) is 0.676. The minimum absolute atomic E-state index is 0.246. The second-order valence-electron chi connectivity index (χ2n) is 5.19. The van der Waals surface area contributed by atoms with Crippen molar-refractivity contribution in [2.75, 3.05) is 0 Å². The molecule has 2 atom stereocenters. The van der Waals surface area contributed by atoms with Crippen molar-refractivity contribution in [2.45, 2.75) is 18.3 Å². The molecule has 126 valence electrons. The van der Waals surface area contributed by atoms with E-state index in [2.05, 4.69) is 4.98 Å². The molecule has 0 saturated heterocycles. The van der Waals surface area contributed by atoms with Crippen LogP contribution < -0.4 is 0 Å². The number of rotatable bonds is 3. The van der Waals surface area contributed by atoms with Gasteiger partial charge in [-0.3, -0.25) is 4.21 Å². The Bertz CT molecular complexity index is 921. The molecule has 0 aliphatic rings. The lowest BCUT2D eigenvalue weighted by Gasteiger charge is -2.17. The largest absolute Gasteiger partial charge is 0.772 e. The van der Waals surface area contributed by atoms with Gasteiger partial charge in [-0.05, 0) is 41.8 Å². The highest BCUT2D eigenvalue weighted by Gasteiger charge is 2.30. The molecular weight excluding hydrogens is 359 g/mol. The number of fused-ring (bicyclic) bond motifs is 1. The molecule has 0 aliphatic heterocycles. The SMILES string of the molecule is CC(c1ccccc1-c1nc2cc(C(F)(F)F)ccc2s1)S(=O)[O-]. The molecule has 0 fully saturated rings. The van der Waals surface area contributed by atoms with E-state index in [1.807, 2.05) is 0 Å². The standard InChI is InChI=1S/C16H12F3NO2S2/c1-9(24(21)22)11-4-2-3-5-12(11)15-20-13-8-10(16(17,18)19)6-7-14(13)23-15/h2-9H,1H3,(H,21,22)/p-1. The molecule has 3 nitrogen and oxygen atoms in total. The fraction of sp³-hybridized carbons (Fsp3) is 0.188. The van der Waals surface area contributed by atoms with Gasteiger partial charge in [0, 0.05) is 10.8 Å². The Labute approximate surface area is 142 Å². The number of alkyl halides is 3. The number of hydrogen-bond acceptors (Lipinski definition) is 4. The highest BCUT2D eigenvalue weighted by atomic mass is 32.2. The van der Waals surface area contributed by atoms with Crippen LogP contribution >= 0.6 is 11.3 Å². The number of aromatic nitrogens is 1. The first kappa shape index (κ1) is 17.1. The Morgan fingerprint density at radius 1 is 1.21 bits per heavy atom. The number of benzene rings is 2. The third kappa shape index (κ3) is 3.22. The molecule has 0 amide bonds. The van der Waals surface area contributed by atoms with Crippen molar-refractivity contribution in [2.24, 2.45) is 0 Å². The van der Waals surface area contributed by atoms with E-state index >= 15 is 0 Å². The highest BCUT2D eigenvalue weighted by Crippen LogP contribution is 2.38. The lowest BCUT2D eigenvalue weighted by molar-refractivity contribution is -0.137. The Balaban J connectivity index is 2.13. The molecule has 3 rings (SSSR count). The van der Waals surface area contributed by atoms with Crippen molar-refractivity contribution >= 4 is 32.6 Å². The fourth-order valence-corrected chi connectivity index (χ4v) is 3.78. The van der Waals surface area contributed by atoms with Crippen LogP contribution in [0.3, 0.4) is 0 Å². The molecule has 2 unspecified atom stereocenters. The van der Waals surface area contributed by atoms with Gasteiger partial charge in [-0.15, -0.1) is 11.3 Å². The van der Waals surface area contributed by atoms with Crippen LogP contribution in [0.15, 0.2) is 42.5 Å². The van der Waals surface area contributed by atoms with E-state index in [0.29, 0.717) is 20.8 Å². The average Bonchev–Trinajstić information content (AvgIpc) is 2.96. The van der Waals surface area contributed by atoms with E-state index in [-0.39, 0.29) is 5.52 Å². The second-order valence-corrected chi connectivity index (χ2v) is 7.45. The molecule has 8 heteroatoms. The number of thiazole rings is 1. The second kappa shape index (κ2) is 6.27. The summed E-state index contributed by atoms with van der Waals surface area (Å²) in [5, 5.41) is -0.240. The molecule has 3 aromatic rings. The summed E-state index contributed by atoms with van der Waals surface area (Å²) in [6.07, 6.45) is -4.43. The van der Waals surface area contributed by atoms with E-state index in [0.717, 1.165) is 12.1 Å². The summed E-state index contributed by atoms with van der Waals surface area (Å²) in [7, 11) is 0. The number of hydrogen-bond donors (Lipinski definition) is 0. The number of halogens is 3. The molecule has 0 saturated carbocycles.